The lowest BCUT2D eigenvalue weighted by atomic mass is 9.91. The van der Waals surface area contributed by atoms with Gasteiger partial charge in [0.2, 0.25) is 0 Å². The summed E-state index contributed by atoms with van der Waals surface area (Å²) in [5, 5.41) is 17.2. The standard InChI is InChI=1S/C17H22N6S/c1-17(2,13-7-6-10-24-13)12-20-16(18-3)19-11-15-22-21-14-8-4-5-9-23(14)15/h4-10H,11-12H2,1-3H3,(H2,18,19,20). The summed E-state index contributed by atoms with van der Waals surface area (Å²) >= 11 is 1.78. The first-order valence-electron chi connectivity index (χ1n) is 7.87. The molecule has 3 aromatic heterocycles. The van der Waals surface area contributed by atoms with E-state index in [0.717, 1.165) is 24.0 Å². The molecule has 0 aromatic carbocycles. The lowest BCUT2D eigenvalue weighted by Gasteiger charge is -2.25. The predicted molar refractivity (Wildman–Crippen MR) is 98.5 cm³/mol. The van der Waals surface area contributed by atoms with Gasteiger partial charge in [-0.3, -0.25) is 9.39 Å². The van der Waals surface area contributed by atoms with Crippen LogP contribution in [0.2, 0.25) is 0 Å². The molecule has 0 fully saturated rings. The summed E-state index contributed by atoms with van der Waals surface area (Å²) in [7, 11) is 1.77. The Balaban J connectivity index is 1.59. The van der Waals surface area contributed by atoms with Crippen molar-refractivity contribution < 1.29 is 0 Å². The summed E-state index contributed by atoms with van der Waals surface area (Å²) < 4.78 is 1.97. The number of guanidine groups is 1. The van der Waals surface area contributed by atoms with Crippen LogP contribution in [0, 0.1) is 0 Å². The van der Waals surface area contributed by atoms with Crippen molar-refractivity contribution in [2.45, 2.75) is 25.8 Å². The van der Waals surface area contributed by atoms with Crippen LogP contribution in [-0.2, 0) is 12.0 Å². The van der Waals surface area contributed by atoms with Crippen LogP contribution in [0.4, 0.5) is 0 Å². The van der Waals surface area contributed by atoms with E-state index >= 15 is 0 Å². The molecule has 6 nitrogen and oxygen atoms in total. The minimum atomic E-state index is 0.0490. The van der Waals surface area contributed by atoms with Crippen molar-refractivity contribution >= 4 is 22.9 Å². The molecule has 0 aliphatic carbocycles. The number of nitrogens with zero attached hydrogens (tertiary/aromatic N) is 4. The number of hydrogen-bond donors (Lipinski definition) is 2. The van der Waals surface area contributed by atoms with Gasteiger partial charge in [0.1, 0.15) is 0 Å². The van der Waals surface area contributed by atoms with Crippen molar-refractivity contribution in [1.29, 1.82) is 0 Å². The third kappa shape index (κ3) is 3.56. The van der Waals surface area contributed by atoms with Crippen LogP contribution in [0.3, 0.4) is 0 Å². The van der Waals surface area contributed by atoms with Crippen molar-refractivity contribution in [3.05, 3.63) is 52.6 Å². The molecule has 7 heteroatoms. The van der Waals surface area contributed by atoms with E-state index in [0.29, 0.717) is 6.54 Å². The number of aromatic nitrogens is 3. The monoisotopic (exact) mass is 342 g/mol. The first-order valence-corrected chi connectivity index (χ1v) is 8.75. The van der Waals surface area contributed by atoms with Crippen LogP contribution in [-0.4, -0.2) is 34.2 Å². The zero-order valence-corrected chi connectivity index (χ0v) is 15.0. The van der Waals surface area contributed by atoms with Gasteiger partial charge in [-0.05, 0) is 23.6 Å². The maximum atomic E-state index is 4.29. The van der Waals surface area contributed by atoms with Gasteiger partial charge >= 0.3 is 0 Å². The molecule has 126 valence electrons. The lowest BCUT2D eigenvalue weighted by Crippen LogP contribution is -2.43. The van der Waals surface area contributed by atoms with Crippen molar-refractivity contribution in [3.8, 4) is 0 Å². The molecule has 0 aliphatic rings. The zero-order valence-electron chi connectivity index (χ0n) is 14.2. The summed E-state index contributed by atoms with van der Waals surface area (Å²) in [6.45, 7) is 5.81. The highest BCUT2D eigenvalue weighted by Gasteiger charge is 2.22. The summed E-state index contributed by atoms with van der Waals surface area (Å²) in [6.07, 6.45) is 1.96. The molecule has 0 radical (unpaired) electrons. The van der Waals surface area contributed by atoms with Gasteiger partial charge in [0, 0.05) is 30.1 Å². The van der Waals surface area contributed by atoms with Crippen LogP contribution in [0.5, 0.6) is 0 Å². The second-order valence-corrected chi connectivity index (χ2v) is 7.13. The Morgan fingerprint density at radius 1 is 1.21 bits per heavy atom. The minimum absolute atomic E-state index is 0.0490. The summed E-state index contributed by atoms with van der Waals surface area (Å²) in [5.74, 6) is 1.61. The molecule has 0 atom stereocenters. The molecule has 24 heavy (non-hydrogen) atoms. The Hall–Kier alpha value is -2.41. The van der Waals surface area contributed by atoms with Crippen molar-refractivity contribution in [2.75, 3.05) is 13.6 Å². The molecular weight excluding hydrogens is 320 g/mol. The van der Waals surface area contributed by atoms with E-state index < -0.39 is 0 Å². The highest BCUT2D eigenvalue weighted by molar-refractivity contribution is 7.10. The Kier molecular flexibility index (Phi) is 4.80. The maximum absolute atomic E-state index is 4.29. The fraction of sp³-hybridized carbons (Fsp3) is 0.353. The molecule has 3 heterocycles. The van der Waals surface area contributed by atoms with E-state index in [1.165, 1.54) is 4.88 Å². The predicted octanol–water partition coefficient (Wildman–Crippen LogP) is 2.43. The minimum Gasteiger partial charge on any atom is -0.356 e. The molecule has 0 aliphatic heterocycles. The van der Waals surface area contributed by atoms with Crippen molar-refractivity contribution in [1.82, 2.24) is 25.2 Å². The smallest absolute Gasteiger partial charge is 0.191 e. The average Bonchev–Trinajstić information content (AvgIpc) is 3.25. The highest BCUT2D eigenvalue weighted by atomic mass is 32.1. The molecule has 2 N–H and O–H groups in total. The molecule has 0 bridgehead atoms. The highest BCUT2D eigenvalue weighted by Crippen LogP contribution is 2.26. The normalized spacial score (nSPS) is 12.5. The first kappa shape index (κ1) is 16.4. The molecule has 0 saturated carbocycles. The van der Waals surface area contributed by atoms with Crippen LogP contribution < -0.4 is 10.6 Å². The average molecular weight is 342 g/mol. The van der Waals surface area contributed by atoms with Gasteiger partial charge in [0.25, 0.3) is 0 Å². The van der Waals surface area contributed by atoms with E-state index in [1.807, 2.05) is 28.8 Å². The second kappa shape index (κ2) is 7.00. The van der Waals surface area contributed by atoms with Gasteiger partial charge in [-0.15, -0.1) is 21.5 Å². The number of nitrogens with one attached hydrogen (secondary N) is 2. The molecule has 3 aromatic rings. The van der Waals surface area contributed by atoms with E-state index in [4.69, 9.17) is 0 Å². The fourth-order valence-electron chi connectivity index (χ4n) is 2.45. The van der Waals surface area contributed by atoms with E-state index in [2.05, 4.69) is 57.2 Å². The SMILES string of the molecule is CN=C(NCc1nnc2ccccn12)NCC(C)(C)c1cccs1. The third-order valence-electron chi connectivity index (χ3n) is 3.91. The first-order chi connectivity index (χ1) is 11.6. The van der Waals surface area contributed by atoms with Gasteiger partial charge < -0.3 is 10.6 Å². The molecular formula is C17H22N6S. The Morgan fingerprint density at radius 3 is 2.83 bits per heavy atom. The Bertz CT molecular complexity index is 819. The second-order valence-electron chi connectivity index (χ2n) is 6.19. The number of thiophene rings is 1. The lowest BCUT2D eigenvalue weighted by molar-refractivity contribution is 0.518. The summed E-state index contributed by atoms with van der Waals surface area (Å²) in [5.41, 5.74) is 0.893. The quantitative estimate of drug-likeness (QED) is 0.552. The number of fused-ring (bicyclic) bond motifs is 1. The molecule has 0 unspecified atom stereocenters. The van der Waals surface area contributed by atoms with Crippen LogP contribution in [0.15, 0.2) is 46.9 Å². The Labute approximate surface area is 145 Å². The van der Waals surface area contributed by atoms with Crippen molar-refractivity contribution in [3.63, 3.8) is 0 Å². The summed E-state index contributed by atoms with van der Waals surface area (Å²) in [6, 6.07) is 10.1. The number of aliphatic imine (C=N–C) groups is 1. The molecule has 3 rings (SSSR count). The van der Waals surface area contributed by atoms with Crippen LogP contribution >= 0.6 is 11.3 Å². The maximum Gasteiger partial charge on any atom is 0.191 e. The van der Waals surface area contributed by atoms with Gasteiger partial charge in [-0.1, -0.05) is 26.0 Å². The zero-order chi connectivity index (χ0) is 17.0. The number of rotatable bonds is 5. The molecule has 0 spiro atoms. The van der Waals surface area contributed by atoms with Crippen LogP contribution in [0.25, 0.3) is 5.65 Å². The van der Waals surface area contributed by atoms with Gasteiger partial charge in [-0.2, -0.15) is 0 Å². The third-order valence-corrected chi connectivity index (χ3v) is 5.14. The molecule has 0 saturated heterocycles. The largest absolute Gasteiger partial charge is 0.356 e. The van der Waals surface area contributed by atoms with E-state index in [1.54, 1.807) is 18.4 Å². The van der Waals surface area contributed by atoms with Gasteiger partial charge in [-0.25, -0.2) is 0 Å². The van der Waals surface area contributed by atoms with Crippen LogP contribution in [0.1, 0.15) is 24.5 Å². The van der Waals surface area contributed by atoms with E-state index in [-0.39, 0.29) is 5.41 Å². The fourth-order valence-corrected chi connectivity index (χ4v) is 3.30. The summed E-state index contributed by atoms with van der Waals surface area (Å²) in [4.78, 5) is 5.65. The molecule has 0 amide bonds. The topological polar surface area (TPSA) is 66.6 Å². The van der Waals surface area contributed by atoms with E-state index in [9.17, 15) is 0 Å². The number of pyridine rings is 1. The van der Waals surface area contributed by atoms with Gasteiger partial charge in [0.15, 0.2) is 17.4 Å². The van der Waals surface area contributed by atoms with Crippen molar-refractivity contribution in [2.24, 2.45) is 4.99 Å². The number of hydrogen-bond acceptors (Lipinski definition) is 4. The Morgan fingerprint density at radius 2 is 2.08 bits per heavy atom. The van der Waals surface area contributed by atoms with Gasteiger partial charge in [0.05, 0.1) is 6.54 Å².